The number of ether oxygens (including phenoxy) is 3. The van der Waals surface area contributed by atoms with Crippen molar-refractivity contribution in [2.24, 2.45) is 11.8 Å². The summed E-state index contributed by atoms with van der Waals surface area (Å²) in [5.41, 5.74) is 3.34. The van der Waals surface area contributed by atoms with Gasteiger partial charge in [0, 0.05) is 48.9 Å². The number of methoxy groups -OCH3 is 2. The molecule has 3 aromatic rings. The molecule has 0 radical (unpaired) electrons. The first-order valence-electron chi connectivity index (χ1n) is 17.8. The quantitative estimate of drug-likeness (QED) is 0.218. The summed E-state index contributed by atoms with van der Waals surface area (Å²) in [6, 6.07) is 7.98. The first-order valence-corrected chi connectivity index (χ1v) is 17.8. The molecule has 0 spiro atoms. The number of carbonyl (C=O) groups is 2. The zero-order valence-electron chi connectivity index (χ0n) is 29.8. The highest BCUT2D eigenvalue weighted by Crippen LogP contribution is 2.38. The molecule has 1 aliphatic heterocycles. The molecule has 2 saturated carbocycles. The molecule has 0 N–H and O–H groups in total. The number of aryl methyl sites for hydroxylation is 1. The highest BCUT2D eigenvalue weighted by atomic mass is 16.6. The zero-order chi connectivity index (χ0) is 34.7. The van der Waals surface area contributed by atoms with Crippen LogP contribution in [-0.4, -0.2) is 77.4 Å². The summed E-state index contributed by atoms with van der Waals surface area (Å²) in [5, 5.41) is 0. The second-order valence-electron chi connectivity index (χ2n) is 14.7. The van der Waals surface area contributed by atoms with E-state index in [-0.39, 0.29) is 35.5 Å². The van der Waals surface area contributed by atoms with Crippen LogP contribution in [0.15, 0.2) is 41.1 Å². The molecule has 0 unspecified atom stereocenters. The maximum atomic E-state index is 14.4. The molecule has 3 aliphatic rings. The molecule has 264 valence electrons. The van der Waals surface area contributed by atoms with E-state index >= 15 is 0 Å². The van der Waals surface area contributed by atoms with Gasteiger partial charge in [0.2, 0.25) is 5.91 Å². The Balaban J connectivity index is 1.13. The third-order valence-electron chi connectivity index (χ3n) is 10.7. The molecule has 0 atom stereocenters. The molecule has 3 aromatic heterocycles. The summed E-state index contributed by atoms with van der Waals surface area (Å²) in [5.74, 6) is 2.96. The molecule has 49 heavy (non-hydrogen) atoms. The second kappa shape index (κ2) is 14.9. The standard InChI is InChI=1S/C38H51N5O6/c1-24(2)35-41-32(21-48-35)29-17-18-39-34(19-29)43(20-26-7-9-27(10-8-26)31-15-16-33(46-5)25(3)40-31)36(44)28-11-13-30(14-12-28)49-37(45)42-22-38(4,23-42)47-6/h15-19,21,24,26-28,30H,7-14,20,22-23H2,1-6H3. The van der Waals surface area contributed by atoms with Gasteiger partial charge in [-0.15, -0.1) is 0 Å². The number of rotatable bonds is 10. The predicted octanol–water partition coefficient (Wildman–Crippen LogP) is 7.30. The van der Waals surface area contributed by atoms with Crippen molar-refractivity contribution in [1.29, 1.82) is 0 Å². The lowest BCUT2D eigenvalue weighted by molar-refractivity contribution is -0.124. The fourth-order valence-corrected chi connectivity index (χ4v) is 7.50. The van der Waals surface area contributed by atoms with Gasteiger partial charge in [0.05, 0.1) is 25.9 Å². The lowest BCUT2D eigenvalue weighted by Gasteiger charge is -2.46. The van der Waals surface area contributed by atoms with Gasteiger partial charge in [-0.05, 0) is 95.4 Å². The summed E-state index contributed by atoms with van der Waals surface area (Å²) in [6.45, 7) is 9.74. The number of anilines is 1. The summed E-state index contributed by atoms with van der Waals surface area (Å²) in [6.07, 6.45) is 9.65. The van der Waals surface area contributed by atoms with E-state index < -0.39 is 0 Å². The highest BCUT2D eigenvalue weighted by molar-refractivity contribution is 5.94. The van der Waals surface area contributed by atoms with Crippen molar-refractivity contribution in [1.82, 2.24) is 19.9 Å². The van der Waals surface area contributed by atoms with Crippen molar-refractivity contribution in [3.8, 4) is 17.0 Å². The third kappa shape index (κ3) is 7.92. The number of hydrogen-bond acceptors (Lipinski definition) is 9. The van der Waals surface area contributed by atoms with Gasteiger partial charge in [0.25, 0.3) is 0 Å². The summed E-state index contributed by atoms with van der Waals surface area (Å²) < 4.78 is 22.4. The Morgan fingerprint density at radius 3 is 2.39 bits per heavy atom. The maximum Gasteiger partial charge on any atom is 0.410 e. The Bertz CT molecular complexity index is 1600. The van der Waals surface area contributed by atoms with Crippen LogP contribution in [0.1, 0.15) is 101 Å². The van der Waals surface area contributed by atoms with Crippen LogP contribution in [0.2, 0.25) is 0 Å². The van der Waals surface area contributed by atoms with E-state index in [1.807, 2.05) is 50.8 Å². The van der Waals surface area contributed by atoms with E-state index in [4.69, 9.17) is 28.6 Å². The number of hydrogen-bond donors (Lipinski definition) is 0. The van der Waals surface area contributed by atoms with Gasteiger partial charge in [-0.2, -0.15) is 0 Å². The molecule has 11 nitrogen and oxygen atoms in total. The van der Waals surface area contributed by atoms with E-state index in [2.05, 4.69) is 11.1 Å². The number of aromatic nitrogens is 3. The first kappa shape index (κ1) is 34.9. The van der Waals surface area contributed by atoms with Crippen LogP contribution in [0.4, 0.5) is 10.6 Å². The molecule has 2 aliphatic carbocycles. The average Bonchev–Trinajstić information content (AvgIpc) is 3.61. The average molecular weight is 674 g/mol. The van der Waals surface area contributed by atoms with Crippen molar-refractivity contribution in [2.45, 2.75) is 103 Å². The maximum absolute atomic E-state index is 14.4. The first-order chi connectivity index (χ1) is 23.6. The Labute approximate surface area is 289 Å². The van der Waals surface area contributed by atoms with E-state index in [1.165, 1.54) is 0 Å². The van der Waals surface area contributed by atoms with Crippen LogP contribution < -0.4 is 9.64 Å². The number of likely N-dealkylation sites (tertiary alicyclic amines) is 1. The van der Waals surface area contributed by atoms with E-state index in [9.17, 15) is 9.59 Å². The van der Waals surface area contributed by atoms with Gasteiger partial charge in [0.1, 0.15) is 35.2 Å². The normalized spacial score (nSPS) is 23.5. The Kier molecular flexibility index (Phi) is 10.6. The Hall–Kier alpha value is -3.99. The van der Waals surface area contributed by atoms with Crippen LogP contribution in [0.25, 0.3) is 11.3 Å². The van der Waals surface area contributed by atoms with Crippen LogP contribution in [-0.2, 0) is 14.3 Å². The van der Waals surface area contributed by atoms with E-state index in [1.54, 1.807) is 31.6 Å². The third-order valence-corrected chi connectivity index (χ3v) is 10.7. The summed E-state index contributed by atoms with van der Waals surface area (Å²) >= 11 is 0. The van der Waals surface area contributed by atoms with Gasteiger partial charge in [-0.1, -0.05) is 13.8 Å². The summed E-state index contributed by atoms with van der Waals surface area (Å²) in [7, 11) is 3.34. The topological polar surface area (TPSA) is 120 Å². The monoisotopic (exact) mass is 673 g/mol. The van der Waals surface area contributed by atoms with Crippen molar-refractivity contribution in [2.75, 3.05) is 38.8 Å². The molecule has 3 fully saturated rings. The molecule has 0 aromatic carbocycles. The largest absolute Gasteiger partial charge is 0.495 e. The number of carbonyl (C=O) groups excluding carboxylic acids is 2. The number of amides is 2. The molecule has 2 amide bonds. The molecular formula is C38H51N5O6. The highest BCUT2D eigenvalue weighted by Gasteiger charge is 2.43. The van der Waals surface area contributed by atoms with Gasteiger partial charge in [0.15, 0.2) is 5.89 Å². The summed E-state index contributed by atoms with van der Waals surface area (Å²) in [4.78, 5) is 45.0. The van der Waals surface area contributed by atoms with Crippen molar-refractivity contribution in [3.05, 3.63) is 54.0 Å². The van der Waals surface area contributed by atoms with Gasteiger partial charge in [-0.3, -0.25) is 14.7 Å². The minimum absolute atomic E-state index is 0.0885. The van der Waals surface area contributed by atoms with Crippen molar-refractivity contribution < 1.29 is 28.2 Å². The smallest absolute Gasteiger partial charge is 0.410 e. The molecule has 6 rings (SSSR count). The number of oxazole rings is 1. The van der Waals surface area contributed by atoms with Crippen molar-refractivity contribution in [3.63, 3.8) is 0 Å². The molecule has 1 saturated heterocycles. The van der Waals surface area contributed by atoms with Crippen LogP contribution in [0, 0.1) is 18.8 Å². The molecule has 4 heterocycles. The zero-order valence-corrected chi connectivity index (χ0v) is 29.8. The predicted molar refractivity (Wildman–Crippen MR) is 186 cm³/mol. The SMILES string of the molecule is COc1ccc(C2CCC(CN(C(=O)C3CCC(OC(=O)N4CC(C)(OC)C4)CC3)c3cc(-c4coc(C(C)C)n4)ccn3)CC2)nc1C. The van der Waals surface area contributed by atoms with Gasteiger partial charge in [-0.25, -0.2) is 14.8 Å². The van der Waals surface area contributed by atoms with Crippen LogP contribution >= 0.6 is 0 Å². The molecular weight excluding hydrogens is 622 g/mol. The van der Waals surface area contributed by atoms with Crippen LogP contribution in [0.3, 0.4) is 0 Å². The molecule has 11 heteroatoms. The van der Waals surface area contributed by atoms with Gasteiger partial charge >= 0.3 is 6.09 Å². The fourth-order valence-electron chi connectivity index (χ4n) is 7.50. The van der Waals surface area contributed by atoms with E-state index in [0.717, 1.165) is 54.1 Å². The minimum Gasteiger partial charge on any atom is -0.495 e. The lowest BCUT2D eigenvalue weighted by atomic mass is 9.79. The Morgan fingerprint density at radius 2 is 1.76 bits per heavy atom. The number of pyridine rings is 2. The second-order valence-corrected chi connectivity index (χ2v) is 14.7. The van der Waals surface area contributed by atoms with Crippen LogP contribution in [0.5, 0.6) is 5.75 Å². The Morgan fingerprint density at radius 1 is 1.02 bits per heavy atom. The van der Waals surface area contributed by atoms with Gasteiger partial charge < -0.3 is 23.5 Å². The number of nitrogens with zero attached hydrogens (tertiary/aromatic N) is 5. The van der Waals surface area contributed by atoms with E-state index in [0.29, 0.717) is 68.9 Å². The fraction of sp³-hybridized carbons (Fsp3) is 0.605. The van der Waals surface area contributed by atoms with Crippen molar-refractivity contribution >= 4 is 17.8 Å². The molecule has 0 bridgehead atoms. The lowest BCUT2D eigenvalue weighted by Crippen LogP contribution is -2.63. The minimum atomic E-state index is -0.298.